The van der Waals surface area contributed by atoms with Gasteiger partial charge in [-0.2, -0.15) is 0 Å². The van der Waals surface area contributed by atoms with Gasteiger partial charge in [-0.3, -0.25) is 0 Å². The molecule has 1 rings (SSSR count). The van der Waals surface area contributed by atoms with Gasteiger partial charge >= 0.3 is 0 Å². The summed E-state index contributed by atoms with van der Waals surface area (Å²) in [5.74, 6) is 1.53. The van der Waals surface area contributed by atoms with E-state index in [1.807, 2.05) is 0 Å². The van der Waals surface area contributed by atoms with E-state index in [1.165, 1.54) is 24.8 Å². The Morgan fingerprint density at radius 3 is 2.22 bits per heavy atom. The average Bonchev–Trinajstić information content (AvgIpc) is 2.36. The molecule has 1 aromatic carbocycles. The van der Waals surface area contributed by atoms with Crippen LogP contribution in [0.2, 0.25) is 0 Å². The molecule has 2 atom stereocenters. The molecule has 102 valence electrons. The smallest absolute Gasteiger partial charge is 0.0345 e. The Hall–Kier alpha value is -0.820. The van der Waals surface area contributed by atoms with Crippen molar-refractivity contribution < 1.29 is 0 Å². The van der Waals surface area contributed by atoms with Crippen molar-refractivity contribution in [2.75, 3.05) is 6.54 Å². The lowest BCUT2D eigenvalue weighted by molar-refractivity contribution is 0.352. The van der Waals surface area contributed by atoms with Crippen molar-refractivity contribution in [3.8, 4) is 0 Å². The molecule has 0 spiro atoms. The van der Waals surface area contributed by atoms with Crippen LogP contribution in [0.4, 0.5) is 0 Å². The standard InChI is InChI=1S/C17H29N/c1-5-18-17(16-12-7-6-8-13-16)15(4)11-9-10-14(2)3/h6-8,12-15,17-18H,5,9-11H2,1-4H3. The summed E-state index contributed by atoms with van der Waals surface area (Å²) < 4.78 is 0. The number of rotatable bonds is 8. The van der Waals surface area contributed by atoms with Gasteiger partial charge in [-0.1, -0.05) is 70.9 Å². The summed E-state index contributed by atoms with van der Waals surface area (Å²) in [5.41, 5.74) is 1.43. The quantitative estimate of drug-likeness (QED) is 0.696. The Balaban J connectivity index is 2.56. The van der Waals surface area contributed by atoms with Gasteiger partial charge in [-0.15, -0.1) is 0 Å². The van der Waals surface area contributed by atoms with E-state index >= 15 is 0 Å². The van der Waals surface area contributed by atoms with Crippen LogP contribution in [-0.2, 0) is 0 Å². The summed E-state index contributed by atoms with van der Waals surface area (Å²) in [6.07, 6.45) is 4.00. The number of hydrogen-bond acceptors (Lipinski definition) is 1. The molecule has 1 heteroatoms. The van der Waals surface area contributed by atoms with Crippen LogP contribution < -0.4 is 5.32 Å². The molecule has 0 saturated carbocycles. The van der Waals surface area contributed by atoms with Gasteiger partial charge in [-0.05, 0) is 30.4 Å². The Morgan fingerprint density at radius 2 is 1.67 bits per heavy atom. The van der Waals surface area contributed by atoms with Crippen LogP contribution in [-0.4, -0.2) is 6.54 Å². The predicted molar refractivity (Wildman–Crippen MR) is 80.7 cm³/mol. The minimum atomic E-state index is 0.503. The van der Waals surface area contributed by atoms with Crippen LogP contribution >= 0.6 is 0 Å². The van der Waals surface area contributed by atoms with E-state index < -0.39 is 0 Å². The Kier molecular flexibility index (Phi) is 7.04. The van der Waals surface area contributed by atoms with Gasteiger partial charge < -0.3 is 5.32 Å². The molecule has 0 amide bonds. The molecular weight excluding hydrogens is 218 g/mol. The van der Waals surface area contributed by atoms with Gasteiger partial charge in [-0.25, -0.2) is 0 Å². The molecule has 18 heavy (non-hydrogen) atoms. The molecule has 0 bridgehead atoms. The average molecular weight is 247 g/mol. The number of benzene rings is 1. The van der Waals surface area contributed by atoms with Crippen LogP contribution in [0.5, 0.6) is 0 Å². The molecule has 2 unspecified atom stereocenters. The van der Waals surface area contributed by atoms with Gasteiger partial charge in [0.25, 0.3) is 0 Å². The highest BCUT2D eigenvalue weighted by molar-refractivity contribution is 5.19. The van der Waals surface area contributed by atoms with Gasteiger partial charge in [0, 0.05) is 6.04 Å². The third kappa shape index (κ3) is 5.22. The van der Waals surface area contributed by atoms with Crippen molar-refractivity contribution >= 4 is 0 Å². The summed E-state index contributed by atoms with van der Waals surface area (Å²) in [7, 11) is 0. The monoisotopic (exact) mass is 247 g/mol. The molecule has 0 aliphatic heterocycles. The predicted octanol–water partition coefficient (Wildman–Crippen LogP) is 4.80. The number of nitrogens with one attached hydrogen (secondary N) is 1. The molecule has 0 saturated heterocycles. The molecule has 0 aliphatic rings. The van der Waals surface area contributed by atoms with E-state index in [0.717, 1.165) is 12.5 Å². The first kappa shape index (κ1) is 15.2. The summed E-state index contributed by atoms with van der Waals surface area (Å²) in [4.78, 5) is 0. The maximum atomic E-state index is 3.64. The Bertz CT molecular complexity index is 305. The van der Waals surface area contributed by atoms with E-state index in [2.05, 4.69) is 63.3 Å². The fraction of sp³-hybridized carbons (Fsp3) is 0.647. The molecular formula is C17H29N. The van der Waals surface area contributed by atoms with E-state index in [-0.39, 0.29) is 0 Å². The van der Waals surface area contributed by atoms with E-state index in [0.29, 0.717) is 12.0 Å². The Morgan fingerprint density at radius 1 is 1.00 bits per heavy atom. The summed E-state index contributed by atoms with van der Waals surface area (Å²) in [6.45, 7) is 10.2. The van der Waals surface area contributed by atoms with Gasteiger partial charge in [0.1, 0.15) is 0 Å². The second-order valence-electron chi connectivity index (χ2n) is 5.75. The lowest BCUT2D eigenvalue weighted by Crippen LogP contribution is -2.26. The Labute approximate surface area is 113 Å². The molecule has 0 aromatic heterocycles. The summed E-state index contributed by atoms with van der Waals surface area (Å²) >= 11 is 0. The molecule has 1 nitrogen and oxygen atoms in total. The van der Waals surface area contributed by atoms with Crippen LogP contribution in [0.25, 0.3) is 0 Å². The van der Waals surface area contributed by atoms with Crippen LogP contribution in [0.3, 0.4) is 0 Å². The van der Waals surface area contributed by atoms with Crippen molar-refractivity contribution in [2.45, 2.75) is 53.0 Å². The third-order valence-corrected chi connectivity index (χ3v) is 3.59. The van der Waals surface area contributed by atoms with E-state index in [1.54, 1.807) is 0 Å². The molecule has 0 radical (unpaired) electrons. The maximum absolute atomic E-state index is 3.64. The van der Waals surface area contributed by atoms with Gasteiger partial charge in [0.2, 0.25) is 0 Å². The SMILES string of the molecule is CCNC(c1ccccc1)C(C)CCCC(C)C. The largest absolute Gasteiger partial charge is 0.310 e. The molecule has 0 heterocycles. The highest BCUT2D eigenvalue weighted by atomic mass is 14.9. The lowest BCUT2D eigenvalue weighted by Gasteiger charge is -2.25. The first-order chi connectivity index (χ1) is 8.65. The summed E-state index contributed by atoms with van der Waals surface area (Å²) in [5, 5.41) is 3.64. The minimum absolute atomic E-state index is 0.503. The van der Waals surface area contributed by atoms with Crippen molar-refractivity contribution in [3.63, 3.8) is 0 Å². The van der Waals surface area contributed by atoms with Gasteiger partial charge in [0.15, 0.2) is 0 Å². The summed E-state index contributed by atoms with van der Waals surface area (Å²) in [6, 6.07) is 11.4. The lowest BCUT2D eigenvalue weighted by atomic mass is 9.89. The zero-order valence-corrected chi connectivity index (χ0v) is 12.4. The molecule has 1 aromatic rings. The first-order valence-electron chi connectivity index (χ1n) is 7.43. The molecule has 1 N–H and O–H groups in total. The van der Waals surface area contributed by atoms with Crippen LogP contribution in [0, 0.1) is 11.8 Å². The zero-order valence-electron chi connectivity index (χ0n) is 12.4. The van der Waals surface area contributed by atoms with Crippen molar-refractivity contribution in [2.24, 2.45) is 11.8 Å². The highest BCUT2D eigenvalue weighted by Gasteiger charge is 2.17. The number of hydrogen-bond donors (Lipinski definition) is 1. The van der Waals surface area contributed by atoms with Crippen molar-refractivity contribution in [1.29, 1.82) is 0 Å². The van der Waals surface area contributed by atoms with E-state index in [9.17, 15) is 0 Å². The topological polar surface area (TPSA) is 12.0 Å². The normalized spacial score (nSPS) is 14.7. The second kappa shape index (κ2) is 8.31. The zero-order chi connectivity index (χ0) is 13.4. The highest BCUT2D eigenvalue weighted by Crippen LogP contribution is 2.26. The van der Waals surface area contributed by atoms with Gasteiger partial charge in [0.05, 0.1) is 0 Å². The second-order valence-corrected chi connectivity index (χ2v) is 5.75. The van der Waals surface area contributed by atoms with E-state index in [4.69, 9.17) is 0 Å². The van der Waals surface area contributed by atoms with Crippen molar-refractivity contribution in [1.82, 2.24) is 5.32 Å². The first-order valence-corrected chi connectivity index (χ1v) is 7.43. The third-order valence-electron chi connectivity index (χ3n) is 3.59. The fourth-order valence-electron chi connectivity index (χ4n) is 2.54. The van der Waals surface area contributed by atoms with Crippen molar-refractivity contribution in [3.05, 3.63) is 35.9 Å². The fourth-order valence-corrected chi connectivity index (χ4v) is 2.54. The minimum Gasteiger partial charge on any atom is -0.310 e. The van der Waals surface area contributed by atoms with Crippen LogP contribution in [0.1, 0.15) is 58.6 Å². The maximum Gasteiger partial charge on any atom is 0.0345 e. The van der Waals surface area contributed by atoms with Crippen LogP contribution in [0.15, 0.2) is 30.3 Å². The molecule has 0 aliphatic carbocycles. The molecule has 0 fully saturated rings.